The third-order valence-electron chi connectivity index (χ3n) is 7.31. The number of carbonyl (C=O) groups is 1. The van der Waals surface area contributed by atoms with Gasteiger partial charge in [-0.05, 0) is 80.0 Å². The van der Waals surface area contributed by atoms with Gasteiger partial charge in [-0.1, -0.05) is 37.3 Å². The average molecular weight is 443 g/mol. The van der Waals surface area contributed by atoms with Crippen molar-refractivity contribution < 1.29 is 4.79 Å². The monoisotopic (exact) mass is 442 g/mol. The number of benzene rings is 1. The van der Waals surface area contributed by atoms with Gasteiger partial charge in [0.2, 0.25) is 0 Å². The van der Waals surface area contributed by atoms with Gasteiger partial charge in [0.25, 0.3) is 5.91 Å². The molecule has 1 aliphatic carbocycles. The summed E-state index contributed by atoms with van der Waals surface area (Å²) in [5.41, 5.74) is 7.20. The maximum absolute atomic E-state index is 13.6. The van der Waals surface area contributed by atoms with Gasteiger partial charge in [0.15, 0.2) is 5.69 Å². The predicted octanol–water partition coefficient (Wildman–Crippen LogP) is 5.01. The van der Waals surface area contributed by atoms with Crippen molar-refractivity contribution >= 4 is 5.91 Å². The first-order valence-corrected chi connectivity index (χ1v) is 12.6. The lowest BCUT2D eigenvalue weighted by Crippen LogP contribution is -2.36. The molecular weight excluding hydrogens is 408 g/mol. The van der Waals surface area contributed by atoms with E-state index in [0.29, 0.717) is 12.5 Å². The first kappa shape index (κ1) is 21.9. The van der Waals surface area contributed by atoms with Crippen LogP contribution in [0.1, 0.15) is 71.0 Å². The third kappa shape index (κ3) is 4.73. The molecule has 2 aliphatic rings. The van der Waals surface area contributed by atoms with Crippen LogP contribution in [0.5, 0.6) is 0 Å². The molecule has 0 N–H and O–H groups in total. The maximum atomic E-state index is 13.6. The molecule has 33 heavy (non-hydrogen) atoms. The van der Waals surface area contributed by atoms with Crippen molar-refractivity contribution in [3.8, 4) is 0 Å². The number of amides is 1. The Balaban J connectivity index is 1.31. The normalized spacial score (nSPS) is 17.5. The molecule has 1 unspecified atom stereocenters. The SMILES string of the molecule is CCCn1nc(C(=O)N2CCc3ccccc3C2)c2c1CCC(CCCc1cccnc1)C2. The van der Waals surface area contributed by atoms with E-state index < -0.39 is 0 Å². The van der Waals surface area contributed by atoms with E-state index in [4.69, 9.17) is 5.10 Å². The lowest BCUT2D eigenvalue weighted by Gasteiger charge is -2.29. The van der Waals surface area contributed by atoms with Crippen LogP contribution < -0.4 is 0 Å². The zero-order chi connectivity index (χ0) is 22.6. The molecule has 2 aromatic heterocycles. The zero-order valence-electron chi connectivity index (χ0n) is 19.7. The zero-order valence-corrected chi connectivity index (χ0v) is 19.7. The van der Waals surface area contributed by atoms with Gasteiger partial charge in [0, 0.05) is 43.3 Å². The number of hydrogen-bond acceptors (Lipinski definition) is 3. The number of hydrogen-bond donors (Lipinski definition) is 0. The van der Waals surface area contributed by atoms with E-state index >= 15 is 0 Å². The minimum atomic E-state index is 0.117. The first-order chi connectivity index (χ1) is 16.2. The van der Waals surface area contributed by atoms with E-state index in [1.54, 1.807) is 0 Å². The van der Waals surface area contributed by atoms with Crippen molar-refractivity contribution in [1.82, 2.24) is 19.7 Å². The van der Waals surface area contributed by atoms with E-state index in [2.05, 4.69) is 46.9 Å². The molecule has 0 spiro atoms. The van der Waals surface area contributed by atoms with Gasteiger partial charge in [-0.2, -0.15) is 5.10 Å². The second-order valence-corrected chi connectivity index (χ2v) is 9.60. The summed E-state index contributed by atoms with van der Waals surface area (Å²) in [6.45, 7) is 4.55. The summed E-state index contributed by atoms with van der Waals surface area (Å²) in [6, 6.07) is 12.7. The van der Waals surface area contributed by atoms with E-state index in [-0.39, 0.29) is 5.91 Å². The smallest absolute Gasteiger partial charge is 0.274 e. The number of aromatic nitrogens is 3. The Hall–Kier alpha value is -2.95. The Kier molecular flexibility index (Phi) is 6.56. The molecule has 172 valence electrons. The van der Waals surface area contributed by atoms with Crippen LogP contribution in [0.25, 0.3) is 0 Å². The fourth-order valence-corrected chi connectivity index (χ4v) is 5.53. The summed E-state index contributed by atoms with van der Waals surface area (Å²) in [5.74, 6) is 0.744. The molecule has 1 aliphatic heterocycles. The molecule has 5 heteroatoms. The van der Waals surface area contributed by atoms with Crippen molar-refractivity contribution in [3.63, 3.8) is 0 Å². The number of aryl methyl sites for hydroxylation is 2. The van der Waals surface area contributed by atoms with Crippen LogP contribution in [0.2, 0.25) is 0 Å². The second-order valence-electron chi connectivity index (χ2n) is 9.60. The molecule has 1 aromatic carbocycles. The van der Waals surface area contributed by atoms with Crippen molar-refractivity contribution in [1.29, 1.82) is 0 Å². The maximum Gasteiger partial charge on any atom is 0.274 e. The second kappa shape index (κ2) is 9.90. The van der Waals surface area contributed by atoms with Crippen LogP contribution in [-0.2, 0) is 38.8 Å². The summed E-state index contributed by atoms with van der Waals surface area (Å²) >= 11 is 0. The Bertz CT molecular complexity index is 1100. The molecule has 3 aromatic rings. The molecular formula is C28H34N4O. The summed E-state index contributed by atoms with van der Waals surface area (Å²) < 4.78 is 2.13. The highest BCUT2D eigenvalue weighted by molar-refractivity contribution is 5.94. The van der Waals surface area contributed by atoms with E-state index in [1.165, 1.54) is 47.2 Å². The summed E-state index contributed by atoms with van der Waals surface area (Å²) in [4.78, 5) is 19.9. The molecule has 0 saturated heterocycles. The highest BCUT2D eigenvalue weighted by atomic mass is 16.2. The van der Waals surface area contributed by atoms with E-state index in [0.717, 1.165) is 50.9 Å². The van der Waals surface area contributed by atoms with Crippen LogP contribution >= 0.6 is 0 Å². The molecule has 0 fully saturated rings. The lowest BCUT2D eigenvalue weighted by atomic mass is 9.83. The fraction of sp³-hybridized carbons (Fsp3) is 0.464. The van der Waals surface area contributed by atoms with Crippen molar-refractivity contribution in [2.24, 2.45) is 5.92 Å². The predicted molar refractivity (Wildman–Crippen MR) is 130 cm³/mol. The standard InChI is InChI=1S/C28H34N4O/c1-2-16-32-26-13-12-21(7-5-8-22-9-6-15-29-19-22)18-25(26)27(30-32)28(33)31-17-14-23-10-3-4-11-24(23)20-31/h3-4,6,9-11,15,19,21H,2,5,7-8,12-14,16-18,20H2,1H3. The average Bonchev–Trinajstić information content (AvgIpc) is 3.22. The topological polar surface area (TPSA) is 51.0 Å². The molecule has 5 rings (SSSR count). The molecule has 0 bridgehead atoms. The number of nitrogens with zero attached hydrogens (tertiary/aromatic N) is 4. The molecule has 3 heterocycles. The number of fused-ring (bicyclic) bond motifs is 2. The lowest BCUT2D eigenvalue weighted by molar-refractivity contribution is 0.0726. The van der Waals surface area contributed by atoms with Crippen LogP contribution in [0.15, 0.2) is 48.8 Å². The number of pyridine rings is 1. The van der Waals surface area contributed by atoms with E-state index in [9.17, 15) is 4.79 Å². The number of rotatable bonds is 7. The molecule has 0 radical (unpaired) electrons. The van der Waals surface area contributed by atoms with E-state index in [1.807, 2.05) is 23.4 Å². The summed E-state index contributed by atoms with van der Waals surface area (Å²) in [6.07, 6.45) is 12.4. The van der Waals surface area contributed by atoms with Gasteiger partial charge in [-0.3, -0.25) is 14.5 Å². The quantitative estimate of drug-likeness (QED) is 0.517. The van der Waals surface area contributed by atoms with Crippen molar-refractivity contribution in [2.45, 2.75) is 71.4 Å². The summed E-state index contributed by atoms with van der Waals surface area (Å²) in [5, 5.41) is 4.89. The Morgan fingerprint density at radius 2 is 2.00 bits per heavy atom. The van der Waals surface area contributed by atoms with Gasteiger partial charge in [0.1, 0.15) is 0 Å². The van der Waals surface area contributed by atoms with Gasteiger partial charge in [0.05, 0.1) is 0 Å². The Morgan fingerprint density at radius 3 is 2.82 bits per heavy atom. The van der Waals surface area contributed by atoms with Crippen LogP contribution in [0.3, 0.4) is 0 Å². The highest BCUT2D eigenvalue weighted by Gasteiger charge is 2.32. The minimum Gasteiger partial charge on any atom is -0.333 e. The van der Waals surface area contributed by atoms with Gasteiger partial charge in [-0.15, -0.1) is 0 Å². The van der Waals surface area contributed by atoms with Gasteiger partial charge < -0.3 is 4.90 Å². The molecule has 1 amide bonds. The molecule has 5 nitrogen and oxygen atoms in total. The molecule has 0 saturated carbocycles. The van der Waals surface area contributed by atoms with Crippen molar-refractivity contribution in [3.05, 3.63) is 82.4 Å². The minimum absolute atomic E-state index is 0.117. The van der Waals surface area contributed by atoms with Crippen LogP contribution in [0, 0.1) is 5.92 Å². The Labute approximate surface area is 196 Å². The van der Waals surface area contributed by atoms with Crippen molar-refractivity contribution in [2.75, 3.05) is 6.54 Å². The third-order valence-corrected chi connectivity index (χ3v) is 7.31. The van der Waals surface area contributed by atoms with Crippen LogP contribution in [0.4, 0.5) is 0 Å². The molecule has 1 atom stereocenters. The van der Waals surface area contributed by atoms with Crippen LogP contribution in [-0.4, -0.2) is 32.1 Å². The highest BCUT2D eigenvalue weighted by Crippen LogP contribution is 2.32. The summed E-state index contributed by atoms with van der Waals surface area (Å²) in [7, 11) is 0. The first-order valence-electron chi connectivity index (χ1n) is 12.6. The largest absolute Gasteiger partial charge is 0.333 e. The number of carbonyl (C=O) groups excluding carboxylic acids is 1. The van der Waals surface area contributed by atoms with Gasteiger partial charge >= 0.3 is 0 Å². The van der Waals surface area contributed by atoms with Gasteiger partial charge in [-0.25, -0.2) is 0 Å². The Morgan fingerprint density at radius 1 is 1.12 bits per heavy atom. The fourth-order valence-electron chi connectivity index (χ4n) is 5.53.